The van der Waals surface area contributed by atoms with E-state index < -0.39 is 6.10 Å². The van der Waals surface area contributed by atoms with Gasteiger partial charge in [-0.3, -0.25) is 14.5 Å². The summed E-state index contributed by atoms with van der Waals surface area (Å²) in [6.07, 6.45) is 2.82. The number of piperidine rings is 1. The largest absolute Gasteiger partial charge is 0.506 e. The first-order valence-electron chi connectivity index (χ1n) is 15.4. The Bertz CT molecular complexity index is 1660. The summed E-state index contributed by atoms with van der Waals surface area (Å²) in [6, 6.07) is 13.9. The Kier molecular flexibility index (Phi) is 9.51. The second-order valence-electron chi connectivity index (χ2n) is 11.9. The summed E-state index contributed by atoms with van der Waals surface area (Å²) in [7, 11) is 0. The van der Waals surface area contributed by atoms with Gasteiger partial charge in [0.05, 0.1) is 35.1 Å². The number of morpholine rings is 1. The number of ether oxygens (including phenoxy) is 1. The van der Waals surface area contributed by atoms with Crippen LogP contribution in [-0.4, -0.2) is 82.4 Å². The van der Waals surface area contributed by atoms with E-state index in [1.54, 1.807) is 17.4 Å². The first-order valence-corrected chi connectivity index (χ1v) is 17.1. The van der Waals surface area contributed by atoms with Gasteiger partial charge in [0.25, 0.3) is 5.91 Å². The summed E-state index contributed by atoms with van der Waals surface area (Å²) in [5.74, 6) is 0.135. The smallest absolute Gasteiger partial charge is 0.305 e. The van der Waals surface area contributed by atoms with E-state index in [-0.39, 0.29) is 22.1 Å². The number of carbonyl (C=O) groups excluding carboxylic acids is 1. The summed E-state index contributed by atoms with van der Waals surface area (Å²) >= 11 is 2.66. The molecule has 2 aromatic heterocycles. The number of rotatable bonds is 10. The molecule has 2 aliphatic rings. The Balaban J connectivity index is 0.967. The number of hydrogen-bond acceptors (Lipinski definition) is 9. The Morgan fingerprint density at radius 2 is 1.98 bits per heavy atom. The van der Waals surface area contributed by atoms with Gasteiger partial charge in [-0.05, 0) is 55.5 Å². The maximum atomic E-state index is 13.2. The molecule has 0 bridgehead atoms. The number of benzene rings is 2. The van der Waals surface area contributed by atoms with E-state index in [9.17, 15) is 19.8 Å². The van der Waals surface area contributed by atoms with Crippen molar-refractivity contribution in [3.63, 3.8) is 0 Å². The van der Waals surface area contributed by atoms with Crippen LogP contribution in [-0.2, 0) is 24.1 Å². The van der Waals surface area contributed by atoms with Crippen LogP contribution in [0, 0.1) is 0 Å². The van der Waals surface area contributed by atoms with Gasteiger partial charge in [-0.15, -0.1) is 11.3 Å². The van der Waals surface area contributed by atoms with Gasteiger partial charge in [-0.1, -0.05) is 48.6 Å². The molecule has 2 aliphatic heterocycles. The lowest BCUT2D eigenvalue weighted by Crippen LogP contribution is -2.57. The summed E-state index contributed by atoms with van der Waals surface area (Å²) in [4.78, 5) is 33.0. The van der Waals surface area contributed by atoms with Gasteiger partial charge in [-0.2, -0.15) is 0 Å². The number of nitrogens with zero attached hydrogens (tertiary/aromatic N) is 2. The SMILES string of the molecule is CCc1cc(C(=O)N2CCOC3(CCN(Cc4cccc(CCNC[C@H](O)c5ccc(O)c6[nH]c(=O)sc56)c4)CC3)C2)cs1. The number of H-pyrrole nitrogens is 1. The lowest BCUT2D eigenvalue weighted by atomic mass is 9.89. The third-order valence-corrected chi connectivity index (χ3v) is 10.8. The second-order valence-corrected chi connectivity index (χ2v) is 13.9. The first-order chi connectivity index (χ1) is 21.3. The highest BCUT2D eigenvalue weighted by atomic mass is 32.1. The summed E-state index contributed by atoms with van der Waals surface area (Å²) in [5.41, 5.74) is 4.07. The van der Waals surface area contributed by atoms with Crippen LogP contribution in [0.3, 0.4) is 0 Å². The van der Waals surface area contributed by atoms with Gasteiger partial charge in [0.2, 0.25) is 0 Å². The van der Waals surface area contributed by atoms with Gasteiger partial charge >= 0.3 is 4.87 Å². The molecule has 0 radical (unpaired) electrons. The minimum atomic E-state index is -0.791. The molecule has 1 atom stereocenters. The highest BCUT2D eigenvalue weighted by Gasteiger charge is 2.41. The standard InChI is InChI=1S/C33H40N4O5S2/c1-2-25-17-24(20-43-25)31(40)37-14-15-42-33(21-37)9-12-36(13-10-33)19-23-5-3-4-22(16-23)8-11-34-18-28(39)26-6-7-27(38)29-30(26)44-32(41)35-29/h3-7,16-17,20,28,34,38-39H,2,8-15,18-19,21H2,1H3,(H,35,41)/t28-/m0/s1. The van der Waals surface area contributed by atoms with E-state index in [2.05, 4.69) is 46.4 Å². The van der Waals surface area contributed by atoms with Gasteiger partial charge < -0.3 is 30.2 Å². The highest BCUT2D eigenvalue weighted by Crippen LogP contribution is 2.33. The van der Waals surface area contributed by atoms with Crippen molar-refractivity contribution in [2.45, 2.75) is 50.9 Å². The average molecular weight is 637 g/mol. The van der Waals surface area contributed by atoms with Crippen LogP contribution in [0.4, 0.5) is 0 Å². The molecule has 9 nitrogen and oxygen atoms in total. The molecule has 2 fully saturated rings. The Labute approximate surface area is 265 Å². The number of phenolic OH excluding ortho intramolecular Hbond substituents is 1. The number of aromatic hydroxyl groups is 1. The Morgan fingerprint density at radius 3 is 2.77 bits per heavy atom. The van der Waals surface area contributed by atoms with Crippen molar-refractivity contribution < 1.29 is 19.7 Å². The molecule has 2 saturated heterocycles. The molecule has 2 aromatic carbocycles. The van der Waals surface area contributed by atoms with E-state index >= 15 is 0 Å². The number of aromatic amines is 1. The van der Waals surface area contributed by atoms with Crippen molar-refractivity contribution in [3.05, 3.63) is 84.6 Å². The lowest BCUT2D eigenvalue weighted by Gasteiger charge is -2.47. The normalized spacial score (nSPS) is 17.8. The fourth-order valence-corrected chi connectivity index (χ4v) is 8.05. The number of aromatic nitrogens is 1. The van der Waals surface area contributed by atoms with Gasteiger partial charge in [0, 0.05) is 48.5 Å². The Hall–Kier alpha value is -3.06. The first kappa shape index (κ1) is 30.9. The molecule has 0 unspecified atom stereocenters. The third-order valence-electron chi connectivity index (χ3n) is 8.82. The van der Waals surface area contributed by atoms with Crippen LogP contribution in [0.25, 0.3) is 10.2 Å². The summed E-state index contributed by atoms with van der Waals surface area (Å²) in [6.45, 7) is 7.83. The number of aryl methyl sites for hydroxylation is 1. The molecule has 6 rings (SSSR count). The molecule has 4 N–H and O–H groups in total. The number of hydrogen-bond donors (Lipinski definition) is 4. The van der Waals surface area contributed by atoms with Crippen LogP contribution in [0.2, 0.25) is 0 Å². The quantitative estimate of drug-likeness (QED) is 0.192. The molecule has 1 amide bonds. The highest BCUT2D eigenvalue weighted by molar-refractivity contribution is 7.16. The number of fused-ring (bicyclic) bond motifs is 1. The molecule has 0 aliphatic carbocycles. The number of likely N-dealkylation sites (tertiary alicyclic amines) is 1. The van der Waals surface area contributed by atoms with Crippen molar-refractivity contribution in [2.24, 2.45) is 0 Å². The van der Waals surface area contributed by atoms with Crippen molar-refractivity contribution in [1.29, 1.82) is 0 Å². The number of thiophene rings is 1. The number of amides is 1. The van der Waals surface area contributed by atoms with Crippen LogP contribution in [0.15, 0.2) is 52.6 Å². The average Bonchev–Trinajstić information content (AvgIpc) is 3.68. The molecule has 234 valence electrons. The molecule has 1 spiro atoms. The van der Waals surface area contributed by atoms with Crippen molar-refractivity contribution in [1.82, 2.24) is 20.1 Å². The fraction of sp³-hybridized carbons (Fsp3) is 0.455. The zero-order valence-electron chi connectivity index (χ0n) is 25.0. The van der Waals surface area contributed by atoms with Crippen molar-refractivity contribution in [2.75, 3.05) is 45.9 Å². The molecular formula is C33H40N4O5S2. The van der Waals surface area contributed by atoms with Crippen molar-refractivity contribution in [3.8, 4) is 5.75 Å². The minimum Gasteiger partial charge on any atom is -0.506 e. The van der Waals surface area contributed by atoms with Crippen LogP contribution < -0.4 is 10.2 Å². The molecule has 4 aromatic rings. The molecule has 4 heterocycles. The zero-order chi connectivity index (χ0) is 30.7. The second kappa shape index (κ2) is 13.5. The summed E-state index contributed by atoms with van der Waals surface area (Å²) < 4.78 is 6.91. The van der Waals surface area contributed by atoms with Crippen LogP contribution in [0.5, 0.6) is 5.75 Å². The van der Waals surface area contributed by atoms with E-state index in [4.69, 9.17) is 4.74 Å². The number of nitrogens with one attached hydrogen (secondary N) is 2. The fourth-order valence-electron chi connectivity index (χ4n) is 6.33. The summed E-state index contributed by atoms with van der Waals surface area (Å²) in [5, 5.41) is 26.1. The van der Waals surface area contributed by atoms with E-state index in [0.717, 1.165) is 62.2 Å². The topological polar surface area (TPSA) is 118 Å². The predicted octanol–water partition coefficient (Wildman–Crippen LogP) is 4.29. The number of carbonyl (C=O) groups is 1. The van der Waals surface area contributed by atoms with E-state index in [1.807, 2.05) is 16.3 Å². The maximum absolute atomic E-state index is 13.2. The number of thiazole rings is 1. The van der Waals surface area contributed by atoms with Crippen molar-refractivity contribution >= 4 is 38.8 Å². The number of aliphatic hydroxyl groups excluding tert-OH is 1. The number of phenols is 1. The molecule has 11 heteroatoms. The minimum absolute atomic E-state index is 0.00636. The zero-order valence-corrected chi connectivity index (χ0v) is 26.6. The van der Waals surface area contributed by atoms with Gasteiger partial charge in [0.15, 0.2) is 0 Å². The third kappa shape index (κ3) is 6.93. The maximum Gasteiger partial charge on any atom is 0.305 e. The Morgan fingerprint density at radius 1 is 1.16 bits per heavy atom. The predicted molar refractivity (Wildman–Crippen MR) is 175 cm³/mol. The lowest BCUT2D eigenvalue weighted by molar-refractivity contribution is -0.127. The number of aliphatic hydroxyl groups is 1. The van der Waals surface area contributed by atoms with E-state index in [0.29, 0.717) is 48.6 Å². The molecular weight excluding hydrogens is 597 g/mol. The monoisotopic (exact) mass is 636 g/mol. The van der Waals surface area contributed by atoms with Gasteiger partial charge in [-0.25, -0.2) is 0 Å². The molecule has 0 saturated carbocycles. The van der Waals surface area contributed by atoms with Gasteiger partial charge in [0.1, 0.15) is 11.3 Å². The van der Waals surface area contributed by atoms with Crippen LogP contribution >= 0.6 is 22.7 Å². The van der Waals surface area contributed by atoms with Crippen LogP contribution in [0.1, 0.15) is 57.8 Å². The van der Waals surface area contributed by atoms with E-state index in [1.165, 1.54) is 22.1 Å². The molecule has 44 heavy (non-hydrogen) atoms.